The Morgan fingerprint density at radius 3 is 2.61 bits per heavy atom. The van der Waals surface area contributed by atoms with Crippen LogP contribution in [0.15, 0.2) is 6.07 Å². The summed E-state index contributed by atoms with van der Waals surface area (Å²) >= 11 is 0. The number of amides is 1. The number of nitrogens with one attached hydrogen (secondary N) is 1. The second kappa shape index (κ2) is 7.04. The molecule has 0 bridgehead atoms. The summed E-state index contributed by atoms with van der Waals surface area (Å²) < 4.78 is 0. The highest BCUT2D eigenvalue weighted by Gasteiger charge is 2.27. The summed E-state index contributed by atoms with van der Waals surface area (Å²) in [7, 11) is 0. The van der Waals surface area contributed by atoms with Crippen molar-refractivity contribution >= 4 is 18.0 Å². The summed E-state index contributed by atoms with van der Waals surface area (Å²) in [6, 6.07) is 1.69. The molecule has 1 aromatic heterocycles. The largest absolute Gasteiger partial charge is 0.384 e. The van der Waals surface area contributed by atoms with Crippen LogP contribution in [-0.4, -0.2) is 45.7 Å². The first-order valence-corrected chi connectivity index (χ1v) is 7.90. The molecule has 1 amide bonds. The van der Waals surface area contributed by atoms with Gasteiger partial charge in [-0.1, -0.05) is 0 Å². The first kappa shape index (κ1) is 17.3. The standard InChI is InChI=1S/C16H25N5O2/c1-16(2,3)20-15(23)11-4-6-21(7-5-11)9-12-8-13(17)19-14(10-22)18-12/h8,10-11H,4-7,9H2,1-3H3,(H,20,23)(H2,17,18,19). The first-order valence-electron chi connectivity index (χ1n) is 7.90. The van der Waals surface area contributed by atoms with E-state index in [0.29, 0.717) is 18.6 Å². The first-order chi connectivity index (χ1) is 10.8. The minimum atomic E-state index is -0.196. The molecule has 3 N–H and O–H groups in total. The highest BCUT2D eigenvalue weighted by Crippen LogP contribution is 2.20. The van der Waals surface area contributed by atoms with Gasteiger partial charge in [-0.05, 0) is 46.7 Å². The highest BCUT2D eigenvalue weighted by molar-refractivity contribution is 5.79. The van der Waals surface area contributed by atoms with E-state index in [1.807, 2.05) is 20.8 Å². The van der Waals surface area contributed by atoms with Crippen LogP contribution in [0.25, 0.3) is 0 Å². The van der Waals surface area contributed by atoms with E-state index >= 15 is 0 Å². The molecule has 0 radical (unpaired) electrons. The molecule has 1 saturated heterocycles. The maximum atomic E-state index is 12.2. The maximum Gasteiger partial charge on any atom is 0.223 e. The second-order valence-corrected chi connectivity index (χ2v) is 7.05. The summed E-state index contributed by atoms with van der Waals surface area (Å²) in [5, 5.41) is 3.04. The molecule has 1 aromatic rings. The van der Waals surface area contributed by atoms with Gasteiger partial charge in [-0.2, -0.15) is 0 Å². The van der Waals surface area contributed by atoms with Crippen molar-refractivity contribution in [3.8, 4) is 0 Å². The van der Waals surface area contributed by atoms with Gasteiger partial charge in [-0.25, -0.2) is 9.97 Å². The van der Waals surface area contributed by atoms with Crippen molar-refractivity contribution in [2.75, 3.05) is 18.8 Å². The van der Waals surface area contributed by atoms with Gasteiger partial charge in [-0.3, -0.25) is 14.5 Å². The van der Waals surface area contributed by atoms with Crippen LogP contribution < -0.4 is 11.1 Å². The zero-order valence-corrected chi connectivity index (χ0v) is 14.0. The smallest absolute Gasteiger partial charge is 0.223 e. The number of aldehydes is 1. The Morgan fingerprint density at radius 2 is 2.04 bits per heavy atom. The quantitative estimate of drug-likeness (QED) is 0.803. The lowest BCUT2D eigenvalue weighted by molar-refractivity contribution is -0.127. The lowest BCUT2D eigenvalue weighted by Gasteiger charge is -2.32. The van der Waals surface area contributed by atoms with E-state index in [1.165, 1.54) is 0 Å². The number of piperidine rings is 1. The van der Waals surface area contributed by atoms with Gasteiger partial charge < -0.3 is 11.1 Å². The van der Waals surface area contributed by atoms with Crippen LogP contribution >= 0.6 is 0 Å². The Kier molecular flexibility index (Phi) is 5.30. The number of anilines is 1. The summed E-state index contributed by atoms with van der Waals surface area (Å²) in [6.45, 7) is 8.23. The van der Waals surface area contributed by atoms with Gasteiger partial charge in [0.2, 0.25) is 5.91 Å². The molecule has 0 atom stereocenters. The molecule has 7 nitrogen and oxygen atoms in total. The molecule has 23 heavy (non-hydrogen) atoms. The molecule has 1 aliphatic heterocycles. The topological polar surface area (TPSA) is 101 Å². The van der Waals surface area contributed by atoms with Crippen molar-refractivity contribution < 1.29 is 9.59 Å². The summed E-state index contributed by atoms with van der Waals surface area (Å²) in [4.78, 5) is 33.2. The predicted molar refractivity (Wildman–Crippen MR) is 87.7 cm³/mol. The lowest BCUT2D eigenvalue weighted by atomic mass is 9.94. The molecule has 1 aliphatic rings. The number of aromatic nitrogens is 2. The molecule has 126 valence electrons. The van der Waals surface area contributed by atoms with Crippen molar-refractivity contribution in [1.82, 2.24) is 20.2 Å². The monoisotopic (exact) mass is 319 g/mol. The van der Waals surface area contributed by atoms with Crippen LogP contribution in [0, 0.1) is 5.92 Å². The van der Waals surface area contributed by atoms with Crippen molar-refractivity contribution in [2.24, 2.45) is 5.92 Å². The Labute approximate surface area is 136 Å². The van der Waals surface area contributed by atoms with Gasteiger partial charge in [0.05, 0.1) is 5.69 Å². The lowest BCUT2D eigenvalue weighted by Crippen LogP contribution is -2.46. The number of nitrogen functional groups attached to an aromatic ring is 1. The number of nitrogens with two attached hydrogens (primary N) is 1. The average molecular weight is 319 g/mol. The van der Waals surface area contributed by atoms with Crippen molar-refractivity contribution in [3.63, 3.8) is 0 Å². The Morgan fingerprint density at radius 1 is 1.39 bits per heavy atom. The third-order valence-corrected chi connectivity index (χ3v) is 3.76. The van der Waals surface area contributed by atoms with Crippen molar-refractivity contribution in [1.29, 1.82) is 0 Å². The summed E-state index contributed by atoms with van der Waals surface area (Å²) in [5.74, 6) is 0.606. The van der Waals surface area contributed by atoms with E-state index in [4.69, 9.17) is 5.73 Å². The van der Waals surface area contributed by atoms with Gasteiger partial charge in [0, 0.05) is 24.1 Å². The molecular weight excluding hydrogens is 294 g/mol. The minimum Gasteiger partial charge on any atom is -0.384 e. The van der Waals surface area contributed by atoms with E-state index in [0.717, 1.165) is 31.6 Å². The Bertz CT molecular complexity index is 574. The van der Waals surface area contributed by atoms with E-state index in [-0.39, 0.29) is 23.2 Å². The zero-order chi connectivity index (χ0) is 17.0. The second-order valence-electron chi connectivity index (χ2n) is 7.05. The molecule has 0 unspecified atom stereocenters. The molecule has 0 aromatic carbocycles. The van der Waals surface area contributed by atoms with E-state index < -0.39 is 0 Å². The van der Waals surface area contributed by atoms with Gasteiger partial charge >= 0.3 is 0 Å². The summed E-state index contributed by atoms with van der Waals surface area (Å²) in [5.41, 5.74) is 6.22. The fourth-order valence-corrected chi connectivity index (χ4v) is 2.73. The molecule has 0 saturated carbocycles. The molecular formula is C16H25N5O2. The maximum absolute atomic E-state index is 12.2. The number of likely N-dealkylation sites (tertiary alicyclic amines) is 1. The van der Waals surface area contributed by atoms with Crippen LogP contribution in [0.5, 0.6) is 0 Å². The van der Waals surface area contributed by atoms with E-state index in [9.17, 15) is 9.59 Å². The number of carbonyl (C=O) groups excluding carboxylic acids is 2. The normalized spacial score (nSPS) is 17.0. The van der Waals surface area contributed by atoms with Crippen LogP contribution in [0.4, 0.5) is 5.82 Å². The third kappa shape index (κ3) is 5.28. The Balaban J connectivity index is 1.89. The van der Waals surface area contributed by atoms with Crippen LogP contribution in [0.1, 0.15) is 49.9 Å². The molecule has 0 spiro atoms. The number of nitrogens with zero attached hydrogens (tertiary/aromatic N) is 3. The molecule has 2 heterocycles. The van der Waals surface area contributed by atoms with Gasteiger partial charge in [-0.15, -0.1) is 0 Å². The van der Waals surface area contributed by atoms with Crippen molar-refractivity contribution in [2.45, 2.75) is 45.7 Å². The van der Waals surface area contributed by atoms with Crippen LogP contribution in [0.3, 0.4) is 0 Å². The molecule has 7 heteroatoms. The molecule has 2 rings (SSSR count). The van der Waals surface area contributed by atoms with Crippen LogP contribution in [0.2, 0.25) is 0 Å². The van der Waals surface area contributed by atoms with Crippen molar-refractivity contribution in [3.05, 3.63) is 17.6 Å². The summed E-state index contributed by atoms with van der Waals surface area (Å²) in [6.07, 6.45) is 2.25. The molecule has 0 aliphatic carbocycles. The zero-order valence-electron chi connectivity index (χ0n) is 14.0. The average Bonchev–Trinajstić information content (AvgIpc) is 2.45. The van der Waals surface area contributed by atoms with E-state index in [1.54, 1.807) is 6.07 Å². The number of hydrogen-bond acceptors (Lipinski definition) is 6. The van der Waals surface area contributed by atoms with Gasteiger partial charge in [0.25, 0.3) is 0 Å². The third-order valence-electron chi connectivity index (χ3n) is 3.76. The fourth-order valence-electron chi connectivity index (χ4n) is 2.73. The Hall–Kier alpha value is -2.02. The molecule has 1 fully saturated rings. The van der Waals surface area contributed by atoms with Gasteiger partial charge in [0.15, 0.2) is 12.1 Å². The van der Waals surface area contributed by atoms with Gasteiger partial charge in [0.1, 0.15) is 5.82 Å². The number of hydrogen-bond donors (Lipinski definition) is 2. The predicted octanol–water partition coefficient (Wildman–Crippen LogP) is 0.998. The highest BCUT2D eigenvalue weighted by atomic mass is 16.2. The number of carbonyl (C=O) groups is 2. The SMILES string of the molecule is CC(C)(C)NC(=O)C1CCN(Cc2cc(N)nc(C=O)n2)CC1. The fraction of sp³-hybridized carbons (Fsp3) is 0.625. The van der Waals surface area contributed by atoms with E-state index in [2.05, 4.69) is 20.2 Å². The van der Waals surface area contributed by atoms with Crippen LogP contribution in [-0.2, 0) is 11.3 Å². The minimum absolute atomic E-state index is 0.0616. The number of rotatable bonds is 4.